The normalized spacial score (nSPS) is 24.1. The van der Waals surface area contributed by atoms with Crippen molar-refractivity contribution >= 4 is 5.78 Å². The molecule has 0 spiro atoms. The molecule has 0 aliphatic carbocycles. The number of hydrogen-bond donors (Lipinski definition) is 1. The van der Waals surface area contributed by atoms with Gasteiger partial charge in [0.05, 0.1) is 0 Å². The molecule has 4 heteroatoms. The van der Waals surface area contributed by atoms with Crippen molar-refractivity contribution < 1.29 is 4.79 Å². The molecule has 1 aromatic rings. The average Bonchev–Trinajstić information content (AvgIpc) is 2.82. The third-order valence-corrected chi connectivity index (χ3v) is 4.27. The summed E-state index contributed by atoms with van der Waals surface area (Å²) in [6.07, 6.45) is 6.33. The first-order valence-corrected chi connectivity index (χ1v) is 6.89. The number of piperidine rings is 1. The fraction of sp³-hybridized carbons (Fsp3) is 0.714. The van der Waals surface area contributed by atoms with Gasteiger partial charge in [0.25, 0.3) is 0 Å². The smallest absolute Gasteiger partial charge is 0.140 e. The summed E-state index contributed by atoms with van der Waals surface area (Å²) in [4.78, 5) is 12.5. The lowest BCUT2D eigenvalue weighted by molar-refractivity contribution is -0.130. The highest BCUT2D eigenvalue weighted by molar-refractivity contribution is 5.85. The highest BCUT2D eigenvalue weighted by Crippen LogP contribution is 2.32. The molecule has 100 valence electrons. The Hall–Kier alpha value is -1.16. The van der Waals surface area contributed by atoms with Gasteiger partial charge in [-0.15, -0.1) is 0 Å². The molecule has 1 atom stereocenters. The second-order valence-corrected chi connectivity index (χ2v) is 5.28. The maximum atomic E-state index is 12.5. The Morgan fingerprint density at radius 1 is 1.61 bits per heavy atom. The van der Waals surface area contributed by atoms with E-state index in [0.717, 1.165) is 44.5 Å². The number of nitrogens with one attached hydrogen (secondary N) is 1. The molecule has 0 aromatic carbocycles. The van der Waals surface area contributed by atoms with E-state index in [9.17, 15) is 4.79 Å². The molecule has 18 heavy (non-hydrogen) atoms. The zero-order valence-corrected chi connectivity index (χ0v) is 11.4. The molecule has 1 aliphatic heterocycles. The van der Waals surface area contributed by atoms with E-state index in [4.69, 9.17) is 0 Å². The fourth-order valence-corrected chi connectivity index (χ4v) is 2.86. The van der Waals surface area contributed by atoms with Crippen LogP contribution < -0.4 is 5.32 Å². The zero-order chi connectivity index (χ0) is 13.0. The fourth-order valence-electron chi connectivity index (χ4n) is 2.86. The molecular weight excluding hydrogens is 226 g/mol. The van der Waals surface area contributed by atoms with Crippen molar-refractivity contribution in [2.45, 2.75) is 39.0 Å². The Kier molecular flexibility index (Phi) is 4.17. The molecule has 1 aliphatic rings. The molecule has 2 heterocycles. The van der Waals surface area contributed by atoms with Gasteiger partial charge in [-0.25, -0.2) is 0 Å². The third kappa shape index (κ3) is 2.64. The van der Waals surface area contributed by atoms with E-state index in [1.165, 1.54) is 0 Å². The Morgan fingerprint density at radius 2 is 2.44 bits per heavy atom. The minimum absolute atomic E-state index is 0.114. The summed E-state index contributed by atoms with van der Waals surface area (Å²) < 4.78 is 1.85. The van der Waals surface area contributed by atoms with Crippen LogP contribution in [-0.2, 0) is 18.3 Å². The summed E-state index contributed by atoms with van der Waals surface area (Å²) in [5.74, 6) is 0.415. The van der Waals surface area contributed by atoms with Crippen LogP contribution >= 0.6 is 0 Å². The van der Waals surface area contributed by atoms with E-state index >= 15 is 0 Å². The number of hydrogen-bond acceptors (Lipinski definition) is 3. The molecule has 0 saturated carbocycles. The Balaban J connectivity index is 1.96. The largest absolute Gasteiger partial charge is 0.316 e. The van der Waals surface area contributed by atoms with Crippen LogP contribution in [-0.4, -0.2) is 28.7 Å². The van der Waals surface area contributed by atoms with Gasteiger partial charge < -0.3 is 5.32 Å². The number of Topliss-reactive ketones (excluding diaryl/α,β-unsaturated/α-hetero) is 1. The second-order valence-electron chi connectivity index (χ2n) is 5.28. The molecule has 1 fully saturated rings. The number of aromatic nitrogens is 2. The van der Waals surface area contributed by atoms with Crippen LogP contribution in [0.1, 0.15) is 38.3 Å². The van der Waals surface area contributed by atoms with E-state index in [0.29, 0.717) is 12.2 Å². The zero-order valence-electron chi connectivity index (χ0n) is 11.4. The van der Waals surface area contributed by atoms with Crippen molar-refractivity contribution in [3.8, 4) is 0 Å². The van der Waals surface area contributed by atoms with Gasteiger partial charge >= 0.3 is 0 Å². The van der Waals surface area contributed by atoms with Crippen LogP contribution in [0.4, 0.5) is 0 Å². The van der Waals surface area contributed by atoms with E-state index in [1.54, 1.807) is 6.20 Å². The van der Waals surface area contributed by atoms with Gasteiger partial charge in [0.15, 0.2) is 0 Å². The van der Waals surface area contributed by atoms with Crippen molar-refractivity contribution in [2.24, 2.45) is 12.5 Å². The maximum Gasteiger partial charge on any atom is 0.140 e. The highest BCUT2D eigenvalue weighted by atomic mass is 16.1. The van der Waals surface area contributed by atoms with E-state index in [-0.39, 0.29) is 5.41 Å². The number of carbonyl (C=O) groups is 1. The molecule has 2 rings (SSSR count). The molecule has 4 nitrogen and oxygen atoms in total. The molecule has 1 N–H and O–H groups in total. The molecular formula is C14H23N3O. The molecule has 0 radical (unpaired) electrons. The van der Waals surface area contributed by atoms with Gasteiger partial charge in [-0.3, -0.25) is 9.48 Å². The standard InChI is InChI=1S/C14H23N3O/c1-3-14(8-4-9-15-11-14)13(18)6-5-12-7-10-16-17(12)2/h7,10,15H,3-6,8-9,11H2,1-2H3. The van der Waals surface area contributed by atoms with Crippen LogP contribution in [0.3, 0.4) is 0 Å². The molecule has 1 aromatic heterocycles. The number of aryl methyl sites for hydroxylation is 2. The lowest BCUT2D eigenvalue weighted by Gasteiger charge is -2.35. The highest BCUT2D eigenvalue weighted by Gasteiger charge is 2.36. The first-order chi connectivity index (χ1) is 8.68. The maximum absolute atomic E-state index is 12.5. The molecule has 1 saturated heterocycles. The number of nitrogens with zero attached hydrogens (tertiary/aromatic N) is 2. The second kappa shape index (κ2) is 5.65. The van der Waals surface area contributed by atoms with E-state index in [1.807, 2.05) is 17.8 Å². The summed E-state index contributed by atoms with van der Waals surface area (Å²) in [5.41, 5.74) is 1.02. The first-order valence-electron chi connectivity index (χ1n) is 6.89. The SMILES string of the molecule is CCC1(C(=O)CCc2ccnn2C)CCCNC1. The predicted molar refractivity (Wildman–Crippen MR) is 71.4 cm³/mol. The topological polar surface area (TPSA) is 46.9 Å². The summed E-state index contributed by atoms with van der Waals surface area (Å²) in [6, 6.07) is 1.99. The van der Waals surface area contributed by atoms with Gasteiger partial charge in [0, 0.05) is 37.3 Å². The van der Waals surface area contributed by atoms with Crippen molar-refractivity contribution in [2.75, 3.05) is 13.1 Å². The lowest BCUT2D eigenvalue weighted by atomic mass is 9.73. The quantitative estimate of drug-likeness (QED) is 0.864. The van der Waals surface area contributed by atoms with Crippen molar-refractivity contribution in [3.05, 3.63) is 18.0 Å². The van der Waals surface area contributed by atoms with Crippen LogP contribution in [0.25, 0.3) is 0 Å². The molecule has 1 unspecified atom stereocenters. The minimum Gasteiger partial charge on any atom is -0.316 e. The van der Waals surface area contributed by atoms with Crippen LogP contribution in [0, 0.1) is 5.41 Å². The van der Waals surface area contributed by atoms with Crippen molar-refractivity contribution in [1.29, 1.82) is 0 Å². The Morgan fingerprint density at radius 3 is 3.00 bits per heavy atom. The van der Waals surface area contributed by atoms with E-state index in [2.05, 4.69) is 17.3 Å². The minimum atomic E-state index is -0.114. The van der Waals surface area contributed by atoms with Crippen LogP contribution in [0.15, 0.2) is 12.3 Å². The van der Waals surface area contributed by atoms with Crippen molar-refractivity contribution in [3.63, 3.8) is 0 Å². The summed E-state index contributed by atoms with van der Waals surface area (Å²) in [7, 11) is 1.93. The number of rotatable bonds is 5. The van der Waals surface area contributed by atoms with Crippen molar-refractivity contribution in [1.82, 2.24) is 15.1 Å². The third-order valence-electron chi connectivity index (χ3n) is 4.27. The van der Waals surface area contributed by atoms with Gasteiger partial charge in [0.2, 0.25) is 0 Å². The average molecular weight is 249 g/mol. The first kappa shape index (κ1) is 13.3. The predicted octanol–water partition coefficient (Wildman–Crippen LogP) is 1.70. The molecule has 0 bridgehead atoms. The lowest BCUT2D eigenvalue weighted by Crippen LogP contribution is -2.45. The summed E-state index contributed by atoms with van der Waals surface area (Å²) in [6.45, 7) is 4.04. The number of carbonyl (C=O) groups excluding carboxylic acids is 1. The van der Waals surface area contributed by atoms with Crippen LogP contribution in [0.5, 0.6) is 0 Å². The van der Waals surface area contributed by atoms with Gasteiger partial charge in [0.1, 0.15) is 5.78 Å². The molecule has 0 amide bonds. The van der Waals surface area contributed by atoms with Gasteiger partial charge in [-0.2, -0.15) is 5.10 Å². The summed E-state index contributed by atoms with van der Waals surface area (Å²) in [5, 5.41) is 7.51. The number of ketones is 1. The van der Waals surface area contributed by atoms with Crippen LogP contribution in [0.2, 0.25) is 0 Å². The van der Waals surface area contributed by atoms with E-state index < -0.39 is 0 Å². The van der Waals surface area contributed by atoms with Gasteiger partial charge in [-0.1, -0.05) is 6.92 Å². The Labute approximate surface area is 109 Å². The van der Waals surface area contributed by atoms with Gasteiger partial charge in [-0.05, 0) is 38.3 Å². The summed E-state index contributed by atoms with van der Waals surface area (Å²) >= 11 is 0. The monoisotopic (exact) mass is 249 g/mol. The Bertz CT molecular complexity index is 405.